The lowest BCUT2D eigenvalue weighted by atomic mass is 10.0. The highest BCUT2D eigenvalue weighted by Gasteiger charge is 2.23. The number of rotatable bonds is 6. The predicted molar refractivity (Wildman–Crippen MR) is 82.0 cm³/mol. The van der Waals surface area contributed by atoms with Gasteiger partial charge in [-0.2, -0.15) is 0 Å². The van der Waals surface area contributed by atoms with E-state index in [9.17, 15) is 14.7 Å². The largest absolute Gasteiger partial charge is 0.477 e. The molecule has 1 heterocycles. The Bertz CT molecular complexity index is 673. The van der Waals surface area contributed by atoms with Crippen LogP contribution in [0.2, 0.25) is 0 Å². The Kier molecular flexibility index (Phi) is 4.99. The number of H-pyrrole nitrogens is 1. The molecule has 1 aromatic carbocycles. The summed E-state index contributed by atoms with van der Waals surface area (Å²) in [4.78, 5) is 26.2. The van der Waals surface area contributed by atoms with Crippen LogP contribution in [0.5, 0.6) is 0 Å². The molecular weight excluding hydrogens is 282 g/mol. The molecule has 0 spiro atoms. The van der Waals surface area contributed by atoms with Crippen molar-refractivity contribution in [3.63, 3.8) is 0 Å². The number of benzene rings is 1. The van der Waals surface area contributed by atoms with Crippen LogP contribution < -0.4 is 0 Å². The first-order valence-electron chi connectivity index (χ1n) is 7.20. The molecular formula is C17H19NO4. The second-order valence-electron chi connectivity index (χ2n) is 5.10. The monoisotopic (exact) mass is 301 g/mol. The van der Waals surface area contributed by atoms with Gasteiger partial charge in [0.1, 0.15) is 18.0 Å². The van der Waals surface area contributed by atoms with Crippen molar-refractivity contribution in [1.29, 1.82) is 0 Å². The molecule has 2 rings (SSSR count). The zero-order chi connectivity index (χ0) is 16.1. The molecule has 0 aliphatic rings. The van der Waals surface area contributed by atoms with Crippen molar-refractivity contribution in [2.45, 2.75) is 33.3 Å². The van der Waals surface area contributed by atoms with Crippen LogP contribution in [0, 0.1) is 6.92 Å². The smallest absolute Gasteiger partial charge is 0.355 e. The number of aromatic nitrogens is 1. The summed E-state index contributed by atoms with van der Waals surface area (Å²) >= 11 is 0. The van der Waals surface area contributed by atoms with Gasteiger partial charge in [0.25, 0.3) is 0 Å². The van der Waals surface area contributed by atoms with Crippen molar-refractivity contribution in [3.8, 4) is 0 Å². The summed E-state index contributed by atoms with van der Waals surface area (Å²) in [7, 11) is 0. The van der Waals surface area contributed by atoms with Crippen molar-refractivity contribution in [1.82, 2.24) is 4.98 Å². The summed E-state index contributed by atoms with van der Waals surface area (Å²) in [6.45, 7) is 3.86. The molecule has 1 aromatic heterocycles. The van der Waals surface area contributed by atoms with E-state index in [1.807, 2.05) is 37.3 Å². The Labute approximate surface area is 128 Å². The van der Waals surface area contributed by atoms with Crippen molar-refractivity contribution in [2.24, 2.45) is 0 Å². The first-order valence-corrected chi connectivity index (χ1v) is 7.20. The highest BCUT2D eigenvalue weighted by atomic mass is 16.5. The zero-order valence-corrected chi connectivity index (χ0v) is 12.7. The summed E-state index contributed by atoms with van der Waals surface area (Å²) in [5.74, 6) is -1.60. The van der Waals surface area contributed by atoms with Crippen molar-refractivity contribution >= 4 is 11.9 Å². The third-order valence-corrected chi connectivity index (χ3v) is 3.51. The Morgan fingerprint density at radius 3 is 2.45 bits per heavy atom. The van der Waals surface area contributed by atoms with E-state index < -0.39 is 11.9 Å². The second kappa shape index (κ2) is 6.93. The van der Waals surface area contributed by atoms with Crippen molar-refractivity contribution in [2.75, 3.05) is 0 Å². The molecule has 0 aliphatic carbocycles. The number of ether oxygens (including phenoxy) is 1. The number of hydrogen-bond donors (Lipinski definition) is 2. The lowest BCUT2D eigenvalue weighted by Crippen LogP contribution is -2.08. The molecule has 0 saturated heterocycles. The van der Waals surface area contributed by atoms with Gasteiger partial charge in [-0.25, -0.2) is 9.59 Å². The van der Waals surface area contributed by atoms with Gasteiger partial charge < -0.3 is 14.8 Å². The Hall–Kier alpha value is -2.56. The summed E-state index contributed by atoms with van der Waals surface area (Å²) in [6.07, 6.45) is 1.41. The molecule has 116 valence electrons. The summed E-state index contributed by atoms with van der Waals surface area (Å²) in [6, 6.07) is 9.34. The molecule has 0 amide bonds. The fourth-order valence-corrected chi connectivity index (χ4v) is 2.38. The summed E-state index contributed by atoms with van der Waals surface area (Å²) < 4.78 is 5.26. The Morgan fingerprint density at radius 1 is 1.18 bits per heavy atom. The molecule has 5 nitrogen and oxygen atoms in total. The van der Waals surface area contributed by atoms with Crippen LogP contribution in [0.25, 0.3) is 0 Å². The van der Waals surface area contributed by atoms with Gasteiger partial charge in [0, 0.05) is 0 Å². The van der Waals surface area contributed by atoms with Crippen LogP contribution >= 0.6 is 0 Å². The van der Waals surface area contributed by atoms with E-state index in [1.165, 1.54) is 0 Å². The topological polar surface area (TPSA) is 79.4 Å². The number of carboxylic acid groups (broad SMARTS) is 1. The van der Waals surface area contributed by atoms with E-state index in [-0.39, 0.29) is 18.0 Å². The summed E-state index contributed by atoms with van der Waals surface area (Å²) in [5, 5.41) is 9.24. The van der Waals surface area contributed by atoms with Gasteiger partial charge in [0.05, 0.1) is 0 Å². The fourth-order valence-electron chi connectivity index (χ4n) is 2.38. The van der Waals surface area contributed by atoms with E-state index in [0.29, 0.717) is 17.5 Å². The first kappa shape index (κ1) is 15.8. The molecule has 2 N–H and O–H groups in total. The first-order chi connectivity index (χ1) is 10.5. The third-order valence-electron chi connectivity index (χ3n) is 3.51. The SMILES string of the molecule is CCCc1c(C(=O)O)[nH]c(C(=O)OCc2ccccc2)c1C. The maximum absolute atomic E-state index is 12.2. The number of carboxylic acids is 1. The van der Waals surface area contributed by atoms with Gasteiger partial charge in [-0.1, -0.05) is 43.7 Å². The molecule has 0 unspecified atom stereocenters. The Morgan fingerprint density at radius 2 is 1.86 bits per heavy atom. The van der Waals surface area contributed by atoms with Crippen LogP contribution in [0.1, 0.15) is 51.0 Å². The van der Waals surface area contributed by atoms with Gasteiger partial charge in [-0.15, -0.1) is 0 Å². The lowest BCUT2D eigenvalue weighted by Gasteiger charge is -2.04. The molecule has 0 saturated carbocycles. The molecule has 0 atom stereocenters. The number of nitrogens with one attached hydrogen (secondary N) is 1. The van der Waals surface area contributed by atoms with Crippen LogP contribution in [0.3, 0.4) is 0 Å². The predicted octanol–water partition coefficient (Wildman–Crippen LogP) is 3.33. The molecule has 0 fully saturated rings. The van der Waals surface area contributed by atoms with Gasteiger partial charge in [-0.3, -0.25) is 0 Å². The maximum Gasteiger partial charge on any atom is 0.355 e. The van der Waals surface area contributed by atoms with Gasteiger partial charge >= 0.3 is 11.9 Å². The van der Waals surface area contributed by atoms with E-state index in [2.05, 4.69) is 4.98 Å². The van der Waals surface area contributed by atoms with Crippen LogP contribution in [-0.4, -0.2) is 22.0 Å². The van der Waals surface area contributed by atoms with Gasteiger partial charge in [0.2, 0.25) is 0 Å². The molecule has 0 aliphatic heterocycles. The fraction of sp³-hybridized carbons (Fsp3) is 0.294. The quantitative estimate of drug-likeness (QED) is 0.802. The standard InChI is InChI=1S/C17H19NO4/c1-3-7-13-11(2)14(18-15(13)16(19)20)17(21)22-10-12-8-5-4-6-9-12/h4-6,8-9,18H,3,7,10H2,1-2H3,(H,19,20). The zero-order valence-electron chi connectivity index (χ0n) is 12.7. The third kappa shape index (κ3) is 3.36. The van der Waals surface area contributed by atoms with Crippen molar-refractivity contribution < 1.29 is 19.4 Å². The second-order valence-corrected chi connectivity index (χ2v) is 5.10. The van der Waals surface area contributed by atoms with E-state index in [0.717, 1.165) is 12.0 Å². The lowest BCUT2D eigenvalue weighted by molar-refractivity contribution is 0.0465. The number of hydrogen-bond acceptors (Lipinski definition) is 3. The maximum atomic E-state index is 12.2. The summed E-state index contributed by atoms with van der Waals surface area (Å²) in [5.41, 5.74) is 2.49. The molecule has 5 heteroatoms. The van der Waals surface area contributed by atoms with E-state index >= 15 is 0 Å². The highest BCUT2D eigenvalue weighted by molar-refractivity contribution is 5.95. The molecule has 0 bridgehead atoms. The van der Waals surface area contributed by atoms with Crippen LogP contribution in [-0.2, 0) is 17.8 Å². The normalized spacial score (nSPS) is 10.5. The van der Waals surface area contributed by atoms with E-state index in [1.54, 1.807) is 6.92 Å². The van der Waals surface area contributed by atoms with E-state index in [4.69, 9.17) is 4.74 Å². The highest BCUT2D eigenvalue weighted by Crippen LogP contribution is 2.21. The number of carbonyl (C=O) groups excluding carboxylic acids is 1. The average Bonchev–Trinajstić information content (AvgIpc) is 2.84. The van der Waals surface area contributed by atoms with Gasteiger partial charge in [-0.05, 0) is 30.0 Å². The minimum absolute atomic E-state index is 0.0750. The van der Waals surface area contributed by atoms with Crippen LogP contribution in [0.15, 0.2) is 30.3 Å². The number of carbonyl (C=O) groups is 2. The molecule has 0 radical (unpaired) electrons. The minimum Gasteiger partial charge on any atom is -0.477 e. The number of aromatic carboxylic acids is 1. The Balaban J connectivity index is 2.19. The molecule has 2 aromatic rings. The number of aromatic amines is 1. The molecule has 22 heavy (non-hydrogen) atoms. The van der Waals surface area contributed by atoms with Gasteiger partial charge in [0.15, 0.2) is 0 Å². The van der Waals surface area contributed by atoms with Crippen molar-refractivity contribution in [3.05, 3.63) is 58.4 Å². The average molecular weight is 301 g/mol. The van der Waals surface area contributed by atoms with Crippen LogP contribution in [0.4, 0.5) is 0 Å². The minimum atomic E-state index is -1.06. The number of esters is 1.